The van der Waals surface area contributed by atoms with E-state index in [-0.39, 0.29) is 12.8 Å². The van der Waals surface area contributed by atoms with Crippen molar-refractivity contribution >= 4 is 10.4 Å². The molecule has 2 aromatic carbocycles. The van der Waals surface area contributed by atoms with E-state index in [2.05, 4.69) is 0 Å². The van der Waals surface area contributed by atoms with Crippen molar-refractivity contribution < 1.29 is 17.2 Å². The molecule has 0 aliphatic carbocycles. The third-order valence-electron chi connectivity index (χ3n) is 2.96. The molecule has 0 saturated heterocycles. The van der Waals surface area contributed by atoms with Gasteiger partial charge in [0.15, 0.2) is 0 Å². The SMILES string of the molecule is NC(Cc1ccccc1)(Cc1ccccc1)OS(=O)(=O)O. The zero-order valence-corrected chi connectivity index (χ0v) is 12.2. The number of benzene rings is 2. The van der Waals surface area contributed by atoms with E-state index in [0.717, 1.165) is 11.1 Å². The molecule has 0 unspecified atom stereocenters. The van der Waals surface area contributed by atoms with Gasteiger partial charge in [-0.25, -0.2) is 4.18 Å². The van der Waals surface area contributed by atoms with Gasteiger partial charge < -0.3 is 5.73 Å². The molecule has 0 aromatic heterocycles. The fourth-order valence-electron chi connectivity index (χ4n) is 2.21. The van der Waals surface area contributed by atoms with Gasteiger partial charge >= 0.3 is 10.4 Å². The van der Waals surface area contributed by atoms with Gasteiger partial charge in [-0.1, -0.05) is 60.7 Å². The van der Waals surface area contributed by atoms with Crippen molar-refractivity contribution in [1.29, 1.82) is 0 Å². The quantitative estimate of drug-likeness (QED) is 0.629. The molecule has 2 rings (SSSR count). The standard InChI is InChI=1S/C15H17NO4S/c16-15(20-21(17,18)19,11-13-7-3-1-4-8-13)12-14-9-5-2-6-10-14/h1-10H,11-12,16H2,(H,17,18,19). The smallest absolute Gasteiger partial charge is 0.302 e. The van der Waals surface area contributed by atoms with E-state index in [9.17, 15) is 8.42 Å². The number of hydrogen-bond donors (Lipinski definition) is 2. The van der Waals surface area contributed by atoms with Crippen molar-refractivity contribution in [2.45, 2.75) is 18.6 Å². The predicted octanol–water partition coefficient (Wildman–Crippen LogP) is 1.95. The molecule has 112 valence electrons. The second-order valence-electron chi connectivity index (χ2n) is 4.90. The molecule has 0 bridgehead atoms. The van der Waals surface area contributed by atoms with E-state index >= 15 is 0 Å². The summed E-state index contributed by atoms with van der Waals surface area (Å²) in [6.07, 6.45) is 0.311. The Morgan fingerprint density at radius 2 is 1.29 bits per heavy atom. The normalized spacial score (nSPS) is 12.3. The van der Waals surface area contributed by atoms with Gasteiger partial charge in [-0.05, 0) is 11.1 Å². The highest BCUT2D eigenvalue weighted by molar-refractivity contribution is 7.80. The van der Waals surface area contributed by atoms with E-state index in [1.807, 2.05) is 60.7 Å². The number of nitrogens with two attached hydrogens (primary N) is 1. The zero-order valence-electron chi connectivity index (χ0n) is 11.3. The average molecular weight is 307 g/mol. The van der Waals surface area contributed by atoms with Crippen LogP contribution in [-0.4, -0.2) is 18.7 Å². The average Bonchev–Trinajstić information content (AvgIpc) is 2.38. The summed E-state index contributed by atoms with van der Waals surface area (Å²) in [4.78, 5) is 0. The summed E-state index contributed by atoms with van der Waals surface area (Å²) in [5.74, 6) is 0. The largest absolute Gasteiger partial charge is 0.399 e. The molecule has 0 spiro atoms. The summed E-state index contributed by atoms with van der Waals surface area (Å²) < 4.78 is 35.9. The molecule has 0 saturated carbocycles. The Kier molecular flexibility index (Phi) is 4.74. The minimum atomic E-state index is -4.65. The van der Waals surface area contributed by atoms with Crippen molar-refractivity contribution in [1.82, 2.24) is 0 Å². The van der Waals surface area contributed by atoms with Crippen molar-refractivity contribution in [2.24, 2.45) is 5.73 Å². The van der Waals surface area contributed by atoms with Crippen LogP contribution in [0.2, 0.25) is 0 Å². The lowest BCUT2D eigenvalue weighted by atomic mass is 9.96. The molecule has 21 heavy (non-hydrogen) atoms. The first kappa shape index (κ1) is 15.7. The number of rotatable bonds is 6. The van der Waals surface area contributed by atoms with Gasteiger partial charge in [-0.15, -0.1) is 0 Å². The first-order chi connectivity index (χ1) is 9.86. The topological polar surface area (TPSA) is 89.6 Å². The fraction of sp³-hybridized carbons (Fsp3) is 0.200. The minimum Gasteiger partial charge on any atom is -0.302 e. The Bertz CT molecular complexity index is 630. The van der Waals surface area contributed by atoms with E-state index in [1.54, 1.807) is 0 Å². The highest BCUT2D eigenvalue weighted by atomic mass is 32.3. The van der Waals surface area contributed by atoms with Crippen LogP contribution >= 0.6 is 0 Å². The van der Waals surface area contributed by atoms with Crippen molar-refractivity contribution in [3.05, 3.63) is 71.8 Å². The lowest BCUT2D eigenvalue weighted by molar-refractivity contribution is 0.0689. The van der Waals surface area contributed by atoms with E-state index in [4.69, 9.17) is 14.5 Å². The molecule has 0 aliphatic rings. The van der Waals surface area contributed by atoms with Gasteiger partial charge in [0.05, 0.1) is 0 Å². The maximum atomic E-state index is 11.1. The van der Waals surface area contributed by atoms with Crippen LogP contribution in [-0.2, 0) is 27.4 Å². The van der Waals surface area contributed by atoms with Crippen LogP contribution < -0.4 is 5.73 Å². The van der Waals surface area contributed by atoms with Gasteiger partial charge in [-0.3, -0.25) is 4.55 Å². The second-order valence-corrected chi connectivity index (χ2v) is 5.92. The van der Waals surface area contributed by atoms with Crippen molar-refractivity contribution in [3.8, 4) is 0 Å². The highest BCUT2D eigenvalue weighted by Gasteiger charge is 2.32. The summed E-state index contributed by atoms with van der Waals surface area (Å²) in [5.41, 5.74) is 6.18. The summed E-state index contributed by atoms with van der Waals surface area (Å²) >= 11 is 0. The lowest BCUT2D eigenvalue weighted by Gasteiger charge is -2.27. The molecule has 6 heteroatoms. The van der Waals surface area contributed by atoms with Crippen LogP contribution in [0.15, 0.2) is 60.7 Å². The van der Waals surface area contributed by atoms with Gasteiger partial charge in [0.1, 0.15) is 5.72 Å². The van der Waals surface area contributed by atoms with Crippen LogP contribution in [0.25, 0.3) is 0 Å². The summed E-state index contributed by atoms with van der Waals surface area (Å²) in [6.45, 7) is 0. The molecule has 0 radical (unpaired) electrons. The minimum absolute atomic E-state index is 0.155. The second kappa shape index (κ2) is 6.36. The van der Waals surface area contributed by atoms with Gasteiger partial charge in [0, 0.05) is 12.8 Å². The Morgan fingerprint density at radius 1 is 0.905 bits per heavy atom. The van der Waals surface area contributed by atoms with Gasteiger partial charge in [0.2, 0.25) is 0 Å². The molecule has 2 aromatic rings. The van der Waals surface area contributed by atoms with Crippen molar-refractivity contribution in [3.63, 3.8) is 0 Å². The van der Waals surface area contributed by atoms with Gasteiger partial charge in [0.25, 0.3) is 0 Å². The first-order valence-electron chi connectivity index (χ1n) is 6.41. The lowest BCUT2D eigenvalue weighted by Crippen LogP contribution is -2.48. The Balaban J connectivity index is 2.26. The van der Waals surface area contributed by atoms with E-state index < -0.39 is 16.1 Å². The number of hydrogen-bond acceptors (Lipinski definition) is 4. The molecular formula is C15H17NO4S. The molecule has 0 atom stereocenters. The third kappa shape index (κ3) is 5.28. The van der Waals surface area contributed by atoms with Crippen LogP contribution in [0, 0.1) is 0 Å². The van der Waals surface area contributed by atoms with Crippen LogP contribution in [0.5, 0.6) is 0 Å². The Morgan fingerprint density at radius 3 is 1.62 bits per heavy atom. The fourth-order valence-corrected chi connectivity index (χ4v) is 2.75. The predicted molar refractivity (Wildman–Crippen MR) is 79.8 cm³/mol. The van der Waals surface area contributed by atoms with E-state index in [0.29, 0.717) is 0 Å². The molecule has 0 amide bonds. The van der Waals surface area contributed by atoms with Gasteiger partial charge in [-0.2, -0.15) is 8.42 Å². The maximum absolute atomic E-state index is 11.1. The summed E-state index contributed by atoms with van der Waals surface area (Å²) in [5, 5.41) is 0. The van der Waals surface area contributed by atoms with Crippen LogP contribution in [0.3, 0.4) is 0 Å². The summed E-state index contributed by atoms with van der Waals surface area (Å²) in [7, 11) is -4.65. The monoisotopic (exact) mass is 307 g/mol. The molecule has 0 aliphatic heterocycles. The molecule has 3 N–H and O–H groups in total. The molecule has 0 fully saturated rings. The van der Waals surface area contributed by atoms with Crippen LogP contribution in [0.4, 0.5) is 0 Å². The highest BCUT2D eigenvalue weighted by Crippen LogP contribution is 2.20. The van der Waals surface area contributed by atoms with E-state index in [1.165, 1.54) is 0 Å². The van der Waals surface area contributed by atoms with Crippen LogP contribution in [0.1, 0.15) is 11.1 Å². The first-order valence-corrected chi connectivity index (χ1v) is 7.78. The Hall–Kier alpha value is -1.73. The Labute approximate surface area is 124 Å². The molecule has 5 nitrogen and oxygen atoms in total. The molecular weight excluding hydrogens is 290 g/mol. The summed E-state index contributed by atoms with van der Waals surface area (Å²) in [6, 6.07) is 18.3. The molecule has 0 heterocycles. The maximum Gasteiger partial charge on any atom is 0.399 e. The van der Waals surface area contributed by atoms with Crippen molar-refractivity contribution in [2.75, 3.05) is 0 Å². The third-order valence-corrected chi connectivity index (χ3v) is 3.51. The zero-order chi connectivity index (χ0) is 15.3.